The topological polar surface area (TPSA) is 140 Å². The van der Waals surface area contributed by atoms with Gasteiger partial charge >= 0.3 is 12.1 Å². The van der Waals surface area contributed by atoms with Crippen molar-refractivity contribution in [3.63, 3.8) is 0 Å². The van der Waals surface area contributed by atoms with Crippen LogP contribution in [0.2, 0.25) is 0 Å². The van der Waals surface area contributed by atoms with E-state index in [1.54, 1.807) is 0 Å². The molecule has 1 unspecified atom stereocenters. The molecule has 3 aromatic carbocycles. The van der Waals surface area contributed by atoms with Gasteiger partial charge in [-0.25, -0.2) is 9.59 Å². The minimum atomic E-state index is -1.21. The van der Waals surface area contributed by atoms with Gasteiger partial charge in [0, 0.05) is 26.7 Å². The van der Waals surface area contributed by atoms with Crippen LogP contribution in [0.3, 0.4) is 0 Å². The first-order chi connectivity index (χ1) is 21.3. The molecule has 0 aliphatic heterocycles. The molecule has 5 N–H and O–H groups in total. The van der Waals surface area contributed by atoms with Crippen LogP contribution in [0, 0.1) is 0 Å². The molecule has 0 fully saturated rings. The first-order valence-corrected chi connectivity index (χ1v) is 15.0. The van der Waals surface area contributed by atoms with Gasteiger partial charge in [-0.05, 0) is 23.1 Å². The van der Waals surface area contributed by atoms with E-state index in [2.05, 4.69) is 28.2 Å². The Morgan fingerprint density at radius 3 is 1.75 bits per heavy atom. The van der Waals surface area contributed by atoms with Crippen molar-refractivity contribution < 1.29 is 24.3 Å². The van der Waals surface area contributed by atoms with Crippen LogP contribution < -0.4 is 21.3 Å². The van der Waals surface area contributed by atoms with E-state index in [1.807, 2.05) is 91.0 Å². The molecule has 0 aliphatic carbocycles. The van der Waals surface area contributed by atoms with Gasteiger partial charge < -0.3 is 31.3 Å². The van der Waals surface area contributed by atoms with E-state index in [1.165, 1.54) is 7.05 Å². The highest BCUT2D eigenvalue weighted by Crippen LogP contribution is 2.36. The van der Waals surface area contributed by atoms with Gasteiger partial charge in [0.2, 0.25) is 11.8 Å². The van der Waals surface area contributed by atoms with Crippen LogP contribution in [0.4, 0.5) is 9.59 Å². The van der Waals surface area contributed by atoms with Gasteiger partial charge in [0.15, 0.2) is 0 Å². The van der Waals surface area contributed by atoms with Crippen molar-refractivity contribution in [3.05, 3.63) is 108 Å². The number of nitrogens with one attached hydrogen (secondary N) is 4. The molecule has 234 valence electrons. The number of unbranched alkanes of at least 4 members (excludes halogenated alkanes) is 3. The molecule has 0 heterocycles. The van der Waals surface area contributed by atoms with Crippen LogP contribution in [0.5, 0.6) is 0 Å². The molecule has 0 aromatic heterocycles. The van der Waals surface area contributed by atoms with Crippen molar-refractivity contribution in [2.24, 2.45) is 0 Å². The number of urea groups is 1. The lowest BCUT2D eigenvalue weighted by Gasteiger charge is -2.37. The van der Waals surface area contributed by atoms with Crippen LogP contribution >= 0.6 is 0 Å². The Labute approximate surface area is 259 Å². The monoisotopic (exact) mass is 601 g/mol. The Balaban J connectivity index is 1.88. The van der Waals surface area contributed by atoms with Crippen molar-refractivity contribution in [2.75, 3.05) is 26.7 Å². The van der Waals surface area contributed by atoms with E-state index < -0.39 is 35.5 Å². The second-order valence-electron chi connectivity index (χ2n) is 10.6. The second-order valence-corrected chi connectivity index (χ2v) is 10.6. The molecule has 0 aliphatic rings. The predicted octanol–water partition coefficient (Wildman–Crippen LogP) is 4.46. The Morgan fingerprint density at radius 2 is 1.27 bits per heavy atom. The average molecular weight is 602 g/mol. The number of carboxylic acid groups (broad SMARTS) is 1. The van der Waals surface area contributed by atoms with E-state index in [0.717, 1.165) is 47.3 Å². The Morgan fingerprint density at radius 1 is 0.750 bits per heavy atom. The number of rotatable bonds is 16. The van der Waals surface area contributed by atoms with Gasteiger partial charge in [0.1, 0.15) is 11.6 Å². The molecule has 3 aromatic rings. The van der Waals surface area contributed by atoms with Crippen LogP contribution in [-0.4, -0.2) is 66.7 Å². The lowest BCUT2D eigenvalue weighted by atomic mass is 9.77. The van der Waals surface area contributed by atoms with Gasteiger partial charge in [0.25, 0.3) is 0 Å². The maximum atomic E-state index is 13.9. The minimum Gasteiger partial charge on any atom is -0.465 e. The summed E-state index contributed by atoms with van der Waals surface area (Å²) < 4.78 is 0. The van der Waals surface area contributed by atoms with Crippen LogP contribution in [0.15, 0.2) is 91.0 Å². The lowest BCUT2D eigenvalue weighted by molar-refractivity contribution is -0.128. The third kappa shape index (κ3) is 9.58. The first kappa shape index (κ1) is 33.6. The minimum absolute atomic E-state index is 0.0159. The van der Waals surface area contributed by atoms with E-state index in [-0.39, 0.29) is 19.5 Å². The zero-order valence-electron chi connectivity index (χ0n) is 25.4. The molecule has 0 bridgehead atoms. The smallest absolute Gasteiger partial charge is 0.407 e. The van der Waals surface area contributed by atoms with E-state index >= 15 is 0 Å². The predicted molar refractivity (Wildman–Crippen MR) is 170 cm³/mol. The van der Waals surface area contributed by atoms with Gasteiger partial charge in [-0.1, -0.05) is 117 Å². The fraction of sp³-hybridized carbons (Fsp3) is 0.353. The third-order valence-corrected chi connectivity index (χ3v) is 7.35. The summed E-state index contributed by atoms with van der Waals surface area (Å²) in [4.78, 5) is 52.1. The van der Waals surface area contributed by atoms with E-state index in [9.17, 15) is 19.2 Å². The largest absolute Gasteiger partial charge is 0.465 e. The molecule has 0 spiro atoms. The number of amides is 5. The van der Waals surface area contributed by atoms with Crippen molar-refractivity contribution in [2.45, 2.75) is 50.6 Å². The highest BCUT2D eigenvalue weighted by Gasteiger charge is 2.38. The summed E-state index contributed by atoms with van der Waals surface area (Å²) in [7, 11) is 1.39. The number of carbonyl (C=O) groups excluding carboxylic acids is 3. The zero-order chi connectivity index (χ0) is 31.8. The SMILES string of the molecule is CCCCCCNC(=O)NC(CC(=O)NC(c1ccccc1)(c1ccccc1)c1ccccc1)C(=O)NCCN(C)C(=O)O. The molecule has 0 saturated carbocycles. The average Bonchev–Trinajstić information content (AvgIpc) is 3.04. The summed E-state index contributed by atoms with van der Waals surface area (Å²) in [5.74, 6) is -1.06. The number of hydrogen-bond acceptors (Lipinski definition) is 4. The molecule has 44 heavy (non-hydrogen) atoms. The van der Waals surface area contributed by atoms with Crippen molar-refractivity contribution in [1.29, 1.82) is 0 Å². The van der Waals surface area contributed by atoms with Gasteiger partial charge in [-0.3, -0.25) is 9.59 Å². The Kier molecular flexibility index (Phi) is 13.2. The molecular weight excluding hydrogens is 558 g/mol. The van der Waals surface area contributed by atoms with Crippen LogP contribution in [0.25, 0.3) is 0 Å². The Hall–Kier alpha value is -4.86. The number of hydrogen-bond donors (Lipinski definition) is 5. The van der Waals surface area contributed by atoms with Gasteiger partial charge in [0.05, 0.1) is 6.42 Å². The highest BCUT2D eigenvalue weighted by atomic mass is 16.4. The number of carbonyl (C=O) groups is 4. The fourth-order valence-electron chi connectivity index (χ4n) is 4.96. The first-order valence-electron chi connectivity index (χ1n) is 15.0. The quantitative estimate of drug-likeness (QED) is 0.122. The summed E-state index contributed by atoms with van der Waals surface area (Å²) in [6, 6.07) is 27.0. The molecule has 5 amide bonds. The molecule has 0 saturated heterocycles. The lowest BCUT2D eigenvalue weighted by Crippen LogP contribution is -2.54. The van der Waals surface area contributed by atoms with Gasteiger partial charge in [-0.2, -0.15) is 0 Å². The number of nitrogens with zero attached hydrogens (tertiary/aromatic N) is 1. The maximum Gasteiger partial charge on any atom is 0.407 e. The van der Waals surface area contributed by atoms with E-state index in [0.29, 0.717) is 6.54 Å². The zero-order valence-corrected chi connectivity index (χ0v) is 25.4. The molecule has 3 rings (SSSR count). The standard InChI is InChI=1S/C34H43N5O5/c1-3-4-5-15-22-36-32(42)37-29(31(41)35-23-24-39(2)33(43)44)25-30(40)38-34(26-16-9-6-10-17-26,27-18-11-7-12-19-27)28-20-13-8-14-21-28/h6-14,16-21,29H,3-5,15,22-25H2,1-2H3,(H,35,41)(H,38,40)(H,43,44)(H2,36,37,42). The second kappa shape index (κ2) is 17.3. The highest BCUT2D eigenvalue weighted by molar-refractivity contribution is 5.92. The summed E-state index contributed by atoms with van der Waals surface area (Å²) in [5, 5.41) is 20.4. The molecular formula is C34H43N5O5. The van der Waals surface area contributed by atoms with Gasteiger partial charge in [-0.15, -0.1) is 0 Å². The molecule has 10 nitrogen and oxygen atoms in total. The fourth-order valence-corrected chi connectivity index (χ4v) is 4.96. The number of likely N-dealkylation sites (N-methyl/N-ethyl adjacent to an activating group) is 1. The summed E-state index contributed by atoms with van der Waals surface area (Å²) in [5.41, 5.74) is 1.37. The summed E-state index contributed by atoms with van der Waals surface area (Å²) in [6.07, 6.45) is 2.42. The van der Waals surface area contributed by atoms with Crippen LogP contribution in [-0.2, 0) is 15.1 Å². The third-order valence-electron chi connectivity index (χ3n) is 7.35. The Bertz CT molecular complexity index is 1240. The number of benzene rings is 3. The van der Waals surface area contributed by atoms with Crippen LogP contribution in [0.1, 0.15) is 55.7 Å². The normalized spacial score (nSPS) is 11.6. The molecule has 10 heteroatoms. The van der Waals surface area contributed by atoms with E-state index in [4.69, 9.17) is 5.11 Å². The van der Waals surface area contributed by atoms with Crippen molar-refractivity contribution in [3.8, 4) is 0 Å². The summed E-state index contributed by atoms with van der Waals surface area (Å²) in [6.45, 7) is 2.60. The summed E-state index contributed by atoms with van der Waals surface area (Å²) >= 11 is 0. The maximum absolute atomic E-state index is 13.9. The molecule has 1 atom stereocenters. The van der Waals surface area contributed by atoms with Crippen molar-refractivity contribution in [1.82, 2.24) is 26.2 Å². The van der Waals surface area contributed by atoms with Crippen molar-refractivity contribution >= 4 is 23.9 Å². The molecule has 0 radical (unpaired) electrons.